The predicted octanol–water partition coefficient (Wildman–Crippen LogP) is 5.77. The fourth-order valence-electron chi connectivity index (χ4n) is 4.81. The number of carbonyl (C=O) groups is 2. The van der Waals surface area contributed by atoms with Gasteiger partial charge in [-0.1, -0.05) is 30.3 Å². The number of carbonyl (C=O) groups excluding carboxylic acids is 2. The van der Waals surface area contributed by atoms with Crippen LogP contribution in [0.4, 0.5) is 17.6 Å². The maximum atomic E-state index is 13.9. The first-order valence-corrected chi connectivity index (χ1v) is 10.9. The fraction of sp³-hybridized carbons (Fsp3) is 0.308. The van der Waals surface area contributed by atoms with Crippen molar-refractivity contribution >= 4 is 11.8 Å². The number of Topliss-reactive ketones (excluding diaryl/α,β-unsaturated/α-hetero) is 1. The quantitative estimate of drug-likeness (QED) is 0.453. The van der Waals surface area contributed by atoms with Crippen LogP contribution in [-0.2, 0) is 20.5 Å². The molecule has 1 aliphatic heterocycles. The van der Waals surface area contributed by atoms with Crippen molar-refractivity contribution in [2.24, 2.45) is 0 Å². The van der Waals surface area contributed by atoms with Crippen LogP contribution >= 0.6 is 0 Å². The molecule has 8 heteroatoms. The first-order chi connectivity index (χ1) is 16.1. The summed E-state index contributed by atoms with van der Waals surface area (Å²) in [5.41, 5.74) is 0.629. The Hall–Kier alpha value is -3.42. The summed E-state index contributed by atoms with van der Waals surface area (Å²) in [6.07, 6.45) is -4.30. The lowest BCUT2D eigenvalue weighted by Gasteiger charge is -2.37. The number of rotatable bonds is 4. The van der Waals surface area contributed by atoms with Crippen molar-refractivity contribution in [3.8, 4) is 0 Å². The van der Waals surface area contributed by atoms with Crippen molar-refractivity contribution in [1.82, 2.24) is 5.32 Å². The molecular formula is C26H23F4NO3. The third-order valence-electron chi connectivity index (χ3n) is 6.24. The van der Waals surface area contributed by atoms with Crippen LogP contribution in [-0.4, -0.2) is 18.4 Å². The van der Waals surface area contributed by atoms with E-state index >= 15 is 0 Å². The lowest BCUT2D eigenvalue weighted by molar-refractivity contribution is -0.140. The standard InChI is InChI=1S/C26H23F4NO3/c1-3-34-25(33)22-14(2)31-20-12-16(15-8-10-17(27)11-9-15)13-21(32)24(20)23(22)18-6-4-5-7-19(18)26(28,29)30/h4-11,16,23,31H,3,12-13H2,1-2H3/t16-,23+/m1/s1. The van der Waals surface area contributed by atoms with Crippen LogP contribution in [0.2, 0.25) is 0 Å². The van der Waals surface area contributed by atoms with Gasteiger partial charge in [0, 0.05) is 29.3 Å². The lowest BCUT2D eigenvalue weighted by Crippen LogP contribution is -2.36. The van der Waals surface area contributed by atoms with Crippen molar-refractivity contribution in [3.05, 3.63) is 93.6 Å². The van der Waals surface area contributed by atoms with Crippen molar-refractivity contribution in [3.63, 3.8) is 0 Å². The van der Waals surface area contributed by atoms with Crippen LogP contribution in [0, 0.1) is 5.82 Å². The zero-order chi connectivity index (χ0) is 24.6. The summed E-state index contributed by atoms with van der Waals surface area (Å²) in [6, 6.07) is 10.8. The summed E-state index contributed by atoms with van der Waals surface area (Å²) in [5, 5.41) is 3.09. The molecule has 178 valence electrons. The van der Waals surface area contributed by atoms with Crippen LogP contribution in [0.25, 0.3) is 0 Å². The van der Waals surface area contributed by atoms with E-state index in [9.17, 15) is 27.2 Å². The number of halogens is 4. The Labute approximate surface area is 194 Å². The van der Waals surface area contributed by atoms with E-state index in [0.717, 1.165) is 11.6 Å². The van der Waals surface area contributed by atoms with Gasteiger partial charge in [0.2, 0.25) is 0 Å². The van der Waals surface area contributed by atoms with E-state index in [4.69, 9.17) is 4.74 Å². The van der Waals surface area contributed by atoms with E-state index in [0.29, 0.717) is 17.8 Å². The van der Waals surface area contributed by atoms with E-state index in [1.165, 1.54) is 30.3 Å². The molecule has 34 heavy (non-hydrogen) atoms. The summed E-state index contributed by atoms with van der Waals surface area (Å²) in [4.78, 5) is 26.3. The highest BCUT2D eigenvalue weighted by Gasteiger charge is 2.45. The minimum absolute atomic E-state index is 0.00844. The Balaban J connectivity index is 1.87. The molecule has 0 aromatic heterocycles. The van der Waals surface area contributed by atoms with Gasteiger partial charge in [-0.05, 0) is 55.5 Å². The second-order valence-electron chi connectivity index (χ2n) is 8.37. The number of hydrogen-bond acceptors (Lipinski definition) is 4. The fourth-order valence-corrected chi connectivity index (χ4v) is 4.81. The summed E-state index contributed by atoms with van der Waals surface area (Å²) < 4.78 is 60.3. The number of alkyl halides is 3. The van der Waals surface area contributed by atoms with Gasteiger partial charge in [-0.2, -0.15) is 13.2 Å². The average Bonchev–Trinajstić information content (AvgIpc) is 2.78. The number of hydrogen-bond donors (Lipinski definition) is 1. The number of ketones is 1. The summed E-state index contributed by atoms with van der Waals surface area (Å²) in [7, 11) is 0. The number of benzene rings is 2. The van der Waals surface area contributed by atoms with Crippen LogP contribution in [0.5, 0.6) is 0 Å². The Kier molecular flexibility index (Phi) is 6.34. The van der Waals surface area contributed by atoms with E-state index in [-0.39, 0.29) is 41.4 Å². The van der Waals surface area contributed by atoms with Crippen LogP contribution in [0.1, 0.15) is 55.2 Å². The molecule has 0 amide bonds. The zero-order valence-corrected chi connectivity index (χ0v) is 18.6. The van der Waals surface area contributed by atoms with Crippen molar-refractivity contribution in [1.29, 1.82) is 0 Å². The van der Waals surface area contributed by atoms with Crippen LogP contribution in [0.3, 0.4) is 0 Å². The Morgan fingerprint density at radius 2 is 1.76 bits per heavy atom. The van der Waals surface area contributed by atoms with E-state index < -0.39 is 29.4 Å². The monoisotopic (exact) mass is 473 g/mol. The van der Waals surface area contributed by atoms with Crippen molar-refractivity contribution < 1.29 is 31.9 Å². The van der Waals surface area contributed by atoms with Gasteiger partial charge < -0.3 is 10.1 Å². The third kappa shape index (κ3) is 4.36. The molecule has 0 saturated heterocycles. The summed E-state index contributed by atoms with van der Waals surface area (Å²) in [5.74, 6) is -3.01. The number of dihydropyridines is 1. The third-order valence-corrected chi connectivity index (χ3v) is 6.24. The smallest absolute Gasteiger partial charge is 0.416 e. The molecule has 0 bridgehead atoms. The maximum absolute atomic E-state index is 13.9. The first-order valence-electron chi connectivity index (χ1n) is 10.9. The number of nitrogens with one attached hydrogen (secondary N) is 1. The highest BCUT2D eigenvalue weighted by atomic mass is 19.4. The molecule has 0 spiro atoms. The number of allylic oxidation sites excluding steroid dienone is 3. The van der Waals surface area contributed by atoms with Gasteiger partial charge in [-0.25, -0.2) is 9.18 Å². The molecule has 0 unspecified atom stereocenters. The number of ether oxygens (including phenoxy) is 1. The van der Waals surface area contributed by atoms with Gasteiger partial charge in [0.25, 0.3) is 0 Å². The molecule has 2 aromatic carbocycles. The van der Waals surface area contributed by atoms with Gasteiger partial charge in [0.1, 0.15) is 5.82 Å². The molecule has 4 nitrogen and oxygen atoms in total. The maximum Gasteiger partial charge on any atom is 0.416 e. The normalized spacial score (nSPS) is 20.7. The Morgan fingerprint density at radius 1 is 1.09 bits per heavy atom. The second-order valence-corrected chi connectivity index (χ2v) is 8.37. The molecule has 2 aromatic rings. The van der Waals surface area contributed by atoms with Crippen molar-refractivity contribution in [2.45, 2.75) is 44.7 Å². The molecule has 2 aliphatic rings. The molecule has 0 fully saturated rings. The topological polar surface area (TPSA) is 55.4 Å². The van der Waals surface area contributed by atoms with Crippen LogP contribution in [0.15, 0.2) is 71.1 Å². The number of esters is 1. The molecular weight excluding hydrogens is 450 g/mol. The highest BCUT2D eigenvalue weighted by Crippen LogP contribution is 2.48. The first kappa shape index (κ1) is 23.7. The lowest BCUT2D eigenvalue weighted by atomic mass is 9.71. The molecule has 0 radical (unpaired) electrons. The minimum atomic E-state index is -4.68. The molecule has 2 atom stereocenters. The molecule has 0 saturated carbocycles. The minimum Gasteiger partial charge on any atom is -0.463 e. The molecule has 1 heterocycles. The summed E-state index contributed by atoms with van der Waals surface area (Å²) in [6.45, 7) is 3.23. The van der Waals surface area contributed by atoms with Crippen molar-refractivity contribution in [2.75, 3.05) is 6.61 Å². The Bertz CT molecular complexity index is 1200. The molecule has 1 aliphatic carbocycles. The van der Waals surface area contributed by atoms with E-state index in [2.05, 4.69) is 5.32 Å². The summed E-state index contributed by atoms with van der Waals surface area (Å²) >= 11 is 0. The average molecular weight is 473 g/mol. The molecule has 1 N–H and O–H groups in total. The van der Waals surface area contributed by atoms with E-state index in [1.807, 2.05) is 0 Å². The van der Waals surface area contributed by atoms with Gasteiger partial charge in [-0.15, -0.1) is 0 Å². The highest BCUT2D eigenvalue weighted by molar-refractivity contribution is 6.04. The van der Waals surface area contributed by atoms with E-state index in [1.54, 1.807) is 26.0 Å². The SMILES string of the molecule is CCOC(=O)C1=C(C)NC2=C(C(=O)C[C@H](c3ccc(F)cc3)C2)[C@H]1c1ccccc1C(F)(F)F. The molecule has 4 rings (SSSR count). The van der Waals surface area contributed by atoms with Gasteiger partial charge >= 0.3 is 12.1 Å². The zero-order valence-electron chi connectivity index (χ0n) is 18.6. The Morgan fingerprint density at radius 3 is 2.41 bits per heavy atom. The van der Waals surface area contributed by atoms with Gasteiger partial charge in [0.15, 0.2) is 5.78 Å². The largest absolute Gasteiger partial charge is 0.463 e. The predicted molar refractivity (Wildman–Crippen MR) is 117 cm³/mol. The second kappa shape index (κ2) is 9.08. The van der Waals surface area contributed by atoms with Crippen LogP contribution < -0.4 is 5.32 Å². The van der Waals surface area contributed by atoms with Gasteiger partial charge in [0.05, 0.1) is 17.7 Å². The van der Waals surface area contributed by atoms with Gasteiger partial charge in [-0.3, -0.25) is 4.79 Å².